The van der Waals surface area contributed by atoms with Gasteiger partial charge in [-0.3, -0.25) is 4.79 Å². The van der Waals surface area contributed by atoms with Gasteiger partial charge in [-0.15, -0.1) is 6.58 Å². The molecule has 0 spiro atoms. The number of carbonyl (C=O) groups excluding carboxylic acids is 1. The topological polar surface area (TPSA) is 66.9 Å². The van der Waals surface area contributed by atoms with Crippen LogP contribution in [0.1, 0.15) is 16.1 Å². The summed E-state index contributed by atoms with van der Waals surface area (Å²) in [5.74, 6) is 0.301. The van der Waals surface area contributed by atoms with E-state index in [4.69, 9.17) is 11.6 Å². The number of hydrogen-bond acceptors (Lipinski definition) is 4. The molecule has 1 heterocycles. The minimum atomic E-state index is -0.294. The minimum absolute atomic E-state index is 0.256. The summed E-state index contributed by atoms with van der Waals surface area (Å²) in [6.07, 6.45) is 4.65. The summed E-state index contributed by atoms with van der Waals surface area (Å²) in [6.45, 7) is 4.53. The van der Waals surface area contributed by atoms with Crippen LogP contribution in [0.2, 0.25) is 5.02 Å². The Morgan fingerprint density at radius 1 is 1.29 bits per heavy atom. The fourth-order valence-electron chi connectivity index (χ4n) is 1.62. The van der Waals surface area contributed by atoms with Crippen molar-refractivity contribution in [3.8, 4) is 0 Å². The van der Waals surface area contributed by atoms with Crippen LogP contribution in [0.4, 0.5) is 5.82 Å². The van der Waals surface area contributed by atoms with Crippen LogP contribution in [0.15, 0.2) is 49.3 Å². The van der Waals surface area contributed by atoms with E-state index in [0.29, 0.717) is 23.9 Å². The Balaban J connectivity index is 1.94. The van der Waals surface area contributed by atoms with Crippen LogP contribution in [0, 0.1) is 0 Å². The van der Waals surface area contributed by atoms with Crippen molar-refractivity contribution in [3.05, 3.63) is 65.6 Å². The molecule has 1 aromatic heterocycles. The van der Waals surface area contributed by atoms with E-state index in [2.05, 4.69) is 27.2 Å². The van der Waals surface area contributed by atoms with Crippen molar-refractivity contribution >= 4 is 23.3 Å². The van der Waals surface area contributed by atoms with Crippen LogP contribution in [0.3, 0.4) is 0 Å². The van der Waals surface area contributed by atoms with Gasteiger partial charge in [0.05, 0.1) is 12.4 Å². The number of benzene rings is 1. The number of anilines is 1. The minimum Gasteiger partial charge on any atom is -0.365 e. The van der Waals surface area contributed by atoms with Crippen LogP contribution in [-0.4, -0.2) is 22.4 Å². The lowest BCUT2D eigenvalue weighted by atomic mass is 10.2. The van der Waals surface area contributed by atoms with Gasteiger partial charge in [0.25, 0.3) is 5.91 Å². The normalized spacial score (nSPS) is 9.95. The lowest BCUT2D eigenvalue weighted by molar-refractivity contribution is 0.0945. The Bertz CT molecular complexity index is 628. The maximum absolute atomic E-state index is 12.0. The van der Waals surface area contributed by atoms with E-state index in [1.165, 1.54) is 12.4 Å². The van der Waals surface area contributed by atoms with Gasteiger partial charge in [-0.1, -0.05) is 35.9 Å². The molecule has 5 nitrogen and oxygen atoms in total. The van der Waals surface area contributed by atoms with Crippen molar-refractivity contribution in [3.63, 3.8) is 0 Å². The highest BCUT2D eigenvalue weighted by Crippen LogP contribution is 2.14. The number of nitrogens with one attached hydrogen (secondary N) is 2. The van der Waals surface area contributed by atoms with Crippen molar-refractivity contribution in [2.24, 2.45) is 0 Å². The first kappa shape index (κ1) is 15.0. The third kappa shape index (κ3) is 4.29. The van der Waals surface area contributed by atoms with Crippen molar-refractivity contribution in [2.45, 2.75) is 6.54 Å². The molecule has 0 radical (unpaired) electrons. The molecule has 0 atom stereocenters. The predicted octanol–water partition coefficient (Wildman–Crippen LogP) is 2.66. The van der Waals surface area contributed by atoms with Crippen LogP contribution in [0.25, 0.3) is 0 Å². The molecule has 0 aliphatic carbocycles. The summed E-state index contributed by atoms with van der Waals surface area (Å²) in [5.41, 5.74) is 1.11. The lowest BCUT2D eigenvalue weighted by Crippen LogP contribution is -2.24. The summed E-state index contributed by atoms with van der Waals surface area (Å²) in [4.78, 5) is 20.1. The molecule has 0 unspecified atom stereocenters. The summed E-state index contributed by atoms with van der Waals surface area (Å²) >= 11 is 6.03. The molecule has 1 amide bonds. The molecule has 1 aromatic carbocycles. The maximum atomic E-state index is 12.0. The molecule has 2 aromatic rings. The molecule has 21 heavy (non-hydrogen) atoms. The zero-order chi connectivity index (χ0) is 15.1. The van der Waals surface area contributed by atoms with E-state index >= 15 is 0 Å². The van der Waals surface area contributed by atoms with Gasteiger partial charge >= 0.3 is 0 Å². The number of rotatable bonds is 6. The Morgan fingerprint density at radius 2 is 2.10 bits per heavy atom. The van der Waals surface area contributed by atoms with Crippen LogP contribution < -0.4 is 10.6 Å². The van der Waals surface area contributed by atoms with Crippen molar-refractivity contribution in [2.75, 3.05) is 11.9 Å². The van der Waals surface area contributed by atoms with Crippen molar-refractivity contribution in [1.29, 1.82) is 0 Å². The number of carbonyl (C=O) groups is 1. The van der Waals surface area contributed by atoms with E-state index in [1.54, 1.807) is 12.1 Å². The second-order valence-corrected chi connectivity index (χ2v) is 4.64. The zero-order valence-electron chi connectivity index (χ0n) is 11.3. The van der Waals surface area contributed by atoms with Crippen molar-refractivity contribution < 1.29 is 4.79 Å². The Hall–Kier alpha value is -2.40. The summed E-state index contributed by atoms with van der Waals surface area (Å²) in [7, 11) is 0. The van der Waals surface area contributed by atoms with E-state index in [-0.39, 0.29) is 11.6 Å². The van der Waals surface area contributed by atoms with Crippen LogP contribution >= 0.6 is 11.6 Å². The lowest BCUT2D eigenvalue weighted by Gasteiger charge is -2.07. The molecule has 0 aliphatic heterocycles. The van der Waals surface area contributed by atoms with Gasteiger partial charge in [0.15, 0.2) is 0 Å². The first-order chi connectivity index (χ1) is 10.2. The fraction of sp³-hybridized carbons (Fsp3) is 0.133. The number of aromatic nitrogens is 2. The molecule has 0 saturated carbocycles. The maximum Gasteiger partial charge on any atom is 0.271 e. The van der Waals surface area contributed by atoms with Crippen molar-refractivity contribution in [1.82, 2.24) is 15.3 Å². The van der Waals surface area contributed by atoms with Crippen LogP contribution in [-0.2, 0) is 6.54 Å². The third-order valence-electron chi connectivity index (χ3n) is 2.71. The quantitative estimate of drug-likeness (QED) is 0.805. The molecule has 108 valence electrons. The number of halogens is 1. The molecule has 6 heteroatoms. The van der Waals surface area contributed by atoms with Gasteiger partial charge in [0, 0.05) is 18.1 Å². The van der Waals surface area contributed by atoms with Gasteiger partial charge in [0.1, 0.15) is 11.5 Å². The van der Waals surface area contributed by atoms with E-state index < -0.39 is 0 Å². The highest BCUT2D eigenvalue weighted by Gasteiger charge is 2.08. The molecular weight excluding hydrogens is 288 g/mol. The third-order valence-corrected chi connectivity index (χ3v) is 3.08. The first-order valence-electron chi connectivity index (χ1n) is 6.39. The SMILES string of the molecule is C=CCNc1cnc(C(=O)NCc2ccccc2Cl)cn1. The molecule has 0 fully saturated rings. The first-order valence-corrected chi connectivity index (χ1v) is 6.77. The smallest absolute Gasteiger partial charge is 0.271 e. The summed E-state index contributed by atoms with van der Waals surface area (Å²) < 4.78 is 0. The van der Waals surface area contributed by atoms with Gasteiger partial charge < -0.3 is 10.6 Å². The second kappa shape index (κ2) is 7.40. The highest BCUT2D eigenvalue weighted by molar-refractivity contribution is 6.31. The Morgan fingerprint density at radius 3 is 2.76 bits per heavy atom. The predicted molar refractivity (Wildman–Crippen MR) is 83.3 cm³/mol. The van der Waals surface area contributed by atoms with Gasteiger partial charge in [-0.25, -0.2) is 9.97 Å². The summed E-state index contributed by atoms with van der Waals surface area (Å²) in [5, 5.41) is 6.36. The molecule has 0 aliphatic rings. The Labute approximate surface area is 128 Å². The number of hydrogen-bond donors (Lipinski definition) is 2. The van der Waals surface area contributed by atoms with Gasteiger partial charge in [-0.05, 0) is 11.6 Å². The highest BCUT2D eigenvalue weighted by atomic mass is 35.5. The monoisotopic (exact) mass is 302 g/mol. The van der Waals surface area contributed by atoms with Gasteiger partial charge in [-0.2, -0.15) is 0 Å². The number of nitrogens with zero attached hydrogens (tertiary/aromatic N) is 2. The van der Waals surface area contributed by atoms with E-state index in [0.717, 1.165) is 5.56 Å². The van der Waals surface area contributed by atoms with E-state index in [1.807, 2.05) is 18.2 Å². The standard InChI is InChI=1S/C15H15ClN4O/c1-2-7-17-14-10-18-13(9-19-14)15(21)20-8-11-5-3-4-6-12(11)16/h2-6,9-10H,1,7-8H2,(H,17,19)(H,20,21). The largest absolute Gasteiger partial charge is 0.365 e. The molecule has 2 rings (SSSR count). The van der Waals surface area contributed by atoms with Crippen LogP contribution in [0.5, 0.6) is 0 Å². The van der Waals surface area contributed by atoms with Gasteiger partial charge in [0.2, 0.25) is 0 Å². The van der Waals surface area contributed by atoms with E-state index in [9.17, 15) is 4.79 Å². The fourth-order valence-corrected chi connectivity index (χ4v) is 1.82. The second-order valence-electron chi connectivity index (χ2n) is 4.23. The zero-order valence-corrected chi connectivity index (χ0v) is 12.1. The molecule has 0 saturated heterocycles. The molecule has 0 bridgehead atoms. The Kier molecular flexibility index (Phi) is 5.29. The molecule has 2 N–H and O–H groups in total. The summed E-state index contributed by atoms with van der Waals surface area (Å²) in [6, 6.07) is 7.35. The average molecular weight is 303 g/mol. The average Bonchev–Trinajstić information content (AvgIpc) is 2.52. The molecular formula is C15H15ClN4O. The number of amides is 1.